The van der Waals surface area contributed by atoms with E-state index in [9.17, 15) is 4.79 Å². The van der Waals surface area contributed by atoms with Gasteiger partial charge in [-0.2, -0.15) is 0 Å². The van der Waals surface area contributed by atoms with Crippen molar-refractivity contribution in [2.75, 3.05) is 0 Å². The van der Waals surface area contributed by atoms with Crippen LogP contribution in [0.1, 0.15) is 27.0 Å². The predicted octanol–water partition coefficient (Wildman–Crippen LogP) is 4.00. The maximum atomic E-state index is 12.1. The molecule has 0 saturated carbocycles. The Morgan fingerprint density at radius 2 is 1.95 bits per heavy atom. The minimum atomic E-state index is -0.0414. The zero-order valence-electron chi connectivity index (χ0n) is 11.0. The fourth-order valence-electron chi connectivity index (χ4n) is 1.94. The molecule has 0 aliphatic heterocycles. The Kier molecular flexibility index (Phi) is 4.38. The van der Waals surface area contributed by atoms with Gasteiger partial charge >= 0.3 is 0 Å². The molecule has 2 aromatic rings. The van der Waals surface area contributed by atoms with Crippen molar-refractivity contribution in [2.45, 2.75) is 20.4 Å². The molecule has 0 aliphatic carbocycles. The van der Waals surface area contributed by atoms with Gasteiger partial charge in [0.05, 0.1) is 0 Å². The Morgan fingerprint density at radius 3 is 2.68 bits per heavy atom. The summed E-state index contributed by atoms with van der Waals surface area (Å²) in [5.41, 5.74) is 4.00. The molecule has 1 amide bonds. The molecule has 0 bridgehead atoms. The molecule has 0 heterocycles. The second kappa shape index (κ2) is 6.02. The molecule has 0 unspecified atom stereocenters. The van der Waals surface area contributed by atoms with Crippen LogP contribution in [0.5, 0.6) is 0 Å². The molecule has 3 heteroatoms. The summed E-state index contributed by atoms with van der Waals surface area (Å²) >= 11 is 3.39. The van der Waals surface area contributed by atoms with E-state index in [0.29, 0.717) is 12.1 Å². The van der Waals surface area contributed by atoms with E-state index in [4.69, 9.17) is 0 Å². The normalized spacial score (nSPS) is 10.3. The van der Waals surface area contributed by atoms with Gasteiger partial charge < -0.3 is 5.32 Å². The van der Waals surface area contributed by atoms with E-state index in [0.717, 1.165) is 15.6 Å². The molecule has 0 aliphatic rings. The molecule has 98 valence electrons. The lowest BCUT2D eigenvalue weighted by molar-refractivity contribution is 0.0950. The fourth-order valence-corrected chi connectivity index (χ4v) is 2.30. The van der Waals surface area contributed by atoms with Crippen LogP contribution < -0.4 is 5.32 Å². The van der Waals surface area contributed by atoms with Crippen molar-refractivity contribution in [1.29, 1.82) is 0 Å². The van der Waals surface area contributed by atoms with Crippen LogP contribution >= 0.6 is 15.9 Å². The largest absolute Gasteiger partial charge is 0.348 e. The standard InChI is InChI=1S/C16H16BrNO/c1-11-4-3-5-13(8-11)10-18-16(19)15-9-14(17)7-6-12(15)2/h3-9H,10H2,1-2H3,(H,18,19). The molecule has 0 fully saturated rings. The molecule has 0 atom stereocenters. The zero-order chi connectivity index (χ0) is 13.8. The topological polar surface area (TPSA) is 29.1 Å². The first kappa shape index (κ1) is 13.8. The maximum Gasteiger partial charge on any atom is 0.251 e. The summed E-state index contributed by atoms with van der Waals surface area (Å²) in [6, 6.07) is 13.9. The van der Waals surface area contributed by atoms with Crippen LogP contribution in [0.4, 0.5) is 0 Å². The van der Waals surface area contributed by atoms with Gasteiger partial charge in [0.15, 0.2) is 0 Å². The van der Waals surface area contributed by atoms with Gasteiger partial charge in [-0.3, -0.25) is 4.79 Å². The van der Waals surface area contributed by atoms with E-state index in [1.807, 2.05) is 50.2 Å². The first-order chi connectivity index (χ1) is 9.06. The van der Waals surface area contributed by atoms with E-state index in [1.165, 1.54) is 5.56 Å². The summed E-state index contributed by atoms with van der Waals surface area (Å²) in [5, 5.41) is 2.95. The summed E-state index contributed by atoms with van der Waals surface area (Å²) in [4.78, 5) is 12.1. The Hall–Kier alpha value is -1.61. The first-order valence-corrected chi connectivity index (χ1v) is 6.95. The number of halogens is 1. The average molecular weight is 318 g/mol. The van der Waals surface area contributed by atoms with Crippen LogP contribution in [0.3, 0.4) is 0 Å². The number of rotatable bonds is 3. The minimum absolute atomic E-state index is 0.0414. The highest BCUT2D eigenvalue weighted by Crippen LogP contribution is 2.16. The van der Waals surface area contributed by atoms with Crippen LogP contribution in [0.25, 0.3) is 0 Å². The highest BCUT2D eigenvalue weighted by atomic mass is 79.9. The number of nitrogens with one attached hydrogen (secondary N) is 1. The number of amides is 1. The van der Waals surface area contributed by atoms with Crippen molar-refractivity contribution >= 4 is 21.8 Å². The fraction of sp³-hybridized carbons (Fsp3) is 0.188. The minimum Gasteiger partial charge on any atom is -0.348 e. The second-order valence-electron chi connectivity index (χ2n) is 4.63. The third-order valence-corrected chi connectivity index (χ3v) is 3.47. The van der Waals surface area contributed by atoms with Gasteiger partial charge in [0.25, 0.3) is 5.91 Å². The van der Waals surface area contributed by atoms with Crippen molar-refractivity contribution in [2.24, 2.45) is 0 Å². The predicted molar refractivity (Wildman–Crippen MR) is 81.2 cm³/mol. The van der Waals surface area contributed by atoms with E-state index in [2.05, 4.69) is 27.3 Å². The van der Waals surface area contributed by atoms with E-state index >= 15 is 0 Å². The lowest BCUT2D eigenvalue weighted by atomic mass is 10.1. The van der Waals surface area contributed by atoms with Crippen LogP contribution in [0, 0.1) is 13.8 Å². The van der Waals surface area contributed by atoms with E-state index in [1.54, 1.807) is 0 Å². The van der Waals surface area contributed by atoms with Gasteiger partial charge in [0.2, 0.25) is 0 Å². The molecular weight excluding hydrogens is 302 g/mol. The van der Waals surface area contributed by atoms with Gasteiger partial charge in [-0.05, 0) is 37.1 Å². The monoisotopic (exact) mass is 317 g/mol. The smallest absolute Gasteiger partial charge is 0.251 e. The highest BCUT2D eigenvalue weighted by Gasteiger charge is 2.09. The van der Waals surface area contributed by atoms with Crippen LogP contribution in [0.2, 0.25) is 0 Å². The summed E-state index contributed by atoms with van der Waals surface area (Å²) in [6.45, 7) is 4.53. The Morgan fingerprint density at radius 1 is 1.16 bits per heavy atom. The van der Waals surface area contributed by atoms with Gasteiger partial charge in [-0.1, -0.05) is 51.8 Å². The number of benzene rings is 2. The summed E-state index contributed by atoms with van der Waals surface area (Å²) in [6.07, 6.45) is 0. The molecule has 19 heavy (non-hydrogen) atoms. The van der Waals surface area contributed by atoms with Crippen molar-refractivity contribution in [3.63, 3.8) is 0 Å². The third-order valence-electron chi connectivity index (χ3n) is 2.98. The quantitative estimate of drug-likeness (QED) is 0.911. The van der Waals surface area contributed by atoms with E-state index < -0.39 is 0 Å². The van der Waals surface area contributed by atoms with E-state index in [-0.39, 0.29) is 5.91 Å². The molecule has 0 spiro atoms. The maximum absolute atomic E-state index is 12.1. The van der Waals surface area contributed by atoms with Crippen LogP contribution in [-0.4, -0.2) is 5.91 Å². The lowest BCUT2D eigenvalue weighted by Gasteiger charge is -2.08. The number of hydrogen-bond acceptors (Lipinski definition) is 1. The van der Waals surface area contributed by atoms with Gasteiger partial charge in [-0.15, -0.1) is 0 Å². The lowest BCUT2D eigenvalue weighted by Crippen LogP contribution is -2.23. The Labute approximate surface area is 122 Å². The first-order valence-electron chi connectivity index (χ1n) is 6.16. The number of hydrogen-bond donors (Lipinski definition) is 1. The Balaban J connectivity index is 2.07. The van der Waals surface area contributed by atoms with Gasteiger partial charge in [-0.25, -0.2) is 0 Å². The van der Waals surface area contributed by atoms with Gasteiger partial charge in [0, 0.05) is 16.6 Å². The molecule has 2 aromatic carbocycles. The SMILES string of the molecule is Cc1cccc(CNC(=O)c2cc(Br)ccc2C)c1. The summed E-state index contributed by atoms with van der Waals surface area (Å²) in [5.74, 6) is -0.0414. The molecule has 2 nitrogen and oxygen atoms in total. The highest BCUT2D eigenvalue weighted by molar-refractivity contribution is 9.10. The average Bonchev–Trinajstić information content (AvgIpc) is 2.39. The van der Waals surface area contributed by atoms with Crippen molar-refractivity contribution in [3.05, 3.63) is 69.2 Å². The molecular formula is C16H16BrNO. The summed E-state index contributed by atoms with van der Waals surface area (Å²) < 4.78 is 0.916. The van der Waals surface area contributed by atoms with Crippen molar-refractivity contribution < 1.29 is 4.79 Å². The van der Waals surface area contributed by atoms with Crippen molar-refractivity contribution in [1.82, 2.24) is 5.32 Å². The number of carbonyl (C=O) groups is 1. The van der Waals surface area contributed by atoms with Gasteiger partial charge in [0.1, 0.15) is 0 Å². The third kappa shape index (κ3) is 3.67. The summed E-state index contributed by atoms with van der Waals surface area (Å²) in [7, 11) is 0. The second-order valence-corrected chi connectivity index (χ2v) is 5.55. The molecule has 0 aromatic heterocycles. The molecule has 0 radical (unpaired) electrons. The van der Waals surface area contributed by atoms with Crippen LogP contribution in [-0.2, 0) is 6.54 Å². The zero-order valence-corrected chi connectivity index (χ0v) is 12.6. The Bertz CT molecular complexity index is 607. The number of aryl methyl sites for hydroxylation is 2. The molecule has 0 saturated heterocycles. The molecule has 2 rings (SSSR count). The molecule has 1 N–H and O–H groups in total. The van der Waals surface area contributed by atoms with Crippen LogP contribution in [0.15, 0.2) is 46.9 Å². The van der Waals surface area contributed by atoms with Crippen molar-refractivity contribution in [3.8, 4) is 0 Å². The number of carbonyl (C=O) groups excluding carboxylic acids is 1.